The maximum Gasteiger partial charge on any atom is 0.417 e. The number of piperidine rings is 1. The molecule has 2 bridgehead atoms. The molecular weight excluding hydrogens is 566 g/mol. The molecule has 0 spiro atoms. The van der Waals surface area contributed by atoms with Gasteiger partial charge in [0.15, 0.2) is 0 Å². The molecule has 2 aromatic carbocycles. The fraction of sp³-hybridized carbons (Fsp3) is 0.438. The zero-order valence-electron chi connectivity index (χ0n) is 23.5. The van der Waals surface area contributed by atoms with Crippen LogP contribution in [0.25, 0.3) is 22.2 Å². The number of alkyl halides is 4. The van der Waals surface area contributed by atoms with E-state index < -0.39 is 23.4 Å². The molecule has 4 aromatic rings. The molecule has 226 valence electrons. The van der Waals surface area contributed by atoms with Gasteiger partial charge < -0.3 is 23.8 Å². The van der Waals surface area contributed by atoms with Crippen LogP contribution in [-0.2, 0) is 24.6 Å². The van der Waals surface area contributed by atoms with Gasteiger partial charge in [-0.15, -0.1) is 0 Å². The van der Waals surface area contributed by atoms with Crippen LogP contribution < -0.4 is 4.90 Å². The number of carboxylic acids is 1. The number of hydrogen-bond acceptors (Lipinski definition) is 5. The Kier molecular flexibility index (Phi) is 6.57. The van der Waals surface area contributed by atoms with Crippen LogP contribution in [0.2, 0.25) is 0 Å². The molecule has 43 heavy (non-hydrogen) atoms. The molecule has 11 heteroatoms. The first-order valence-electron chi connectivity index (χ1n) is 14.5. The number of rotatable bonds is 8. The van der Waals surface area contributed by atoms with Gasteiger partial charge in [-0.3, -0.25) is 0 Å². The monoisotopic (exact) mass is 597 g/mol. The Hall–Kier alpha value is -3.86. The molecule has 1 N–H and O–H groups in total. The average Bonchev–Trinajstić information content (AvgIpc) is 3.54. The molecule has 0 radical (unpaired) electrons. The van der Waals surface area contributed by atoms with Crippen LogP contribution in [0, 0.1) is 0 Å². The third-order valence-electron chi connectivity index (χ3n) is 9.19. The summed E-state index contributed by atoms with van der Waals surface area (Å²) in [6.07, 6.45) is 0.947. The van der Waals surface area contributed by atoms with E-state index in [-0.39, 0.29) is 60.9 Å². The molecule has 2 atom stereocenters. The third-order valence-corrected chi connectivity index (χ3v) is 9.19. The number of fused-ring (bicyclic) bond motifs is 3. The first-order chi connectivity index (χ1) is 20.5. The lowest BCUT2D eigenvalue weighted by Crippen LogP contribution is -2.51. The number of anilines is 1. The molecule has 2 saturated heterocycles. The van der Waals surface area contributed by atoms with Gasteiger partial charge >= 0.3 is 12.1 Å². The number of aromatic nitrogens is 2. The minimum Gasteiger partial charge on any atom is -0.478 e. The molecule has 3 aliphatic rings. The van der Waals surface area contributed by atoms with Crippen LogP contribution in [0.5, 0.6) is 0 Å². The molecule has 7 nitrogen and oxygen atoms in total. The Balaban J connectivity index is 1.08. The van der Waals surface area contributed by atoms with Crippen molar-refractivity contribution >= 4 is 22.6 Å². The van der Waals surface area contributed by atoms with E-state index in [1.54, 1.807) is 10.8 Å². The molecule has 4 heterocycles. The number of aromatic carboxylic acids is 1. The predicted octanol–water partition coefficient (Wildman–Crippen LogP) is 7.48. The van der Waals surface area contributed by atoms with Crippen molar-refractivity contribution < 1.29 is 36.7 Å². The Bertz CT molecular complexity index is 1690. The van der Waals surface area contributed by atoms with Crippen molar-refractivity contribution in [3.05, 3.63) is 71.1 Å². The summed E-state index contributed by atoms with van der Waals surface area (Å²) in [5, 5.41) is 14.2. The van der Waals surface area contributed by atoms with Crippen LogP contribution >= 0.6 is 0 Å². The molecule has 3 fully saturated rings. The summed E-state index contributed by atoms with van der Waals surface area (Å²) in [6, 6.07) is 10.9. The van der Waals surface area contributed by atoms with E-state index in [0.717, 1.165) is 43.0 Å². The maximum atomic E-state index is 16.3. The average molecular weight is 598 g/mol. The second-order valence-corrected chi connectivity index (χ2v) is 12.2. The zero-order valence-corrected chi connectivity index (χ0v) is 23.5. The number of aryl methyl sites for hydroxylation is 1. The van der Waals surface area contributed by atoms with Crippen LogP contribution in [0.1, 0.15) is 71.7 Å². The van der Waals surface area contributed by atoms with Crippen LogP contribution in [0.4, 0.5) is 23.2 Å². The van der Waals surface area contributed by atoms with Crippen molar-refractivity contribution in [2.24, 2.45) is 7.05 Å². The summed E-state index contributed by atoms with van der Waals surface area (Å²) < 4.78 is 71.0. The number of benzene rings is 2. The predicted molar refractivity (Wildman–Crippen MR) is 151 cm³/mol. The summed E-state index contributed by atoms with van der Waals surface area (Å²) in [4.78, 5) is 13.9. The highest BCUT2D eigenvalue weighted by Gasteiger charge is 2.49. The highest BCUT2D eigenvalue weighted by atomic mass is 19.4. The van der Waals surface area contributed by atoms with Gasteiger partial charge in [0, 0.05) is 66.3 Å². The Labute approximate surface area is 245 Å². The topological polar surface area (TPSA) is 80.7 Å². The molecule has 2 unspecified atom stereocenters. The van der Waals surface area contributed by atoms with Gasteiger partial charge in [0.05, 0.1) is 29.9 Å². The Morgan fingerprint density at radius 3 is 2.51 bits per heavy atom. The highest BCUT2D eigenvalue weighted by molar-refractivity contribution is 6.04. The van der Waals surface area contributed by atoms with Crippen LogP contribution in [0.15, 0.2) is 53.2 Å². The Morgan fingerprint density at radius 2 is 1.84 bits per heavy atom. The van der Waals surface area contributed by atoms with Gasteiger partial charge in [-0.1, -0.05) is 23.4 Å². The summed E-state index contributed by atoms with van der Waals surface area (Å²) in [7, 11) is 1.81. The summed E-state index contributed by atoms with van der Waals surface area (Å²) in [6.45, 7) is -0.264. The minimum atomic E-state index is -4.56. The van der Waals surface area contributed by atoms with E-state index in [2.05, 4.69) is 10.1 Å². The number of hydrogen-bond donors (Lipinski definition) is 1. The fourth-order valence-corrected chi connectivity index (χ4v) is 7.14. The van der Waals surface area contributed by atoms with E-state index in [1.165, 1.54) is 18.2 Å². The first-order valence-corrected chi connectivity index (χ1v) is 14.5. The van der Waals surface area contributed by atoms with Crippen LogP contribution in [-0.4, -0.2) is 45.2 Å². The molecule has 2 aliphatic heterocycles. The summed E-state index contributed by atoms with van der Waals surface area (Å²) in [5.74, 6) is -0.368. The van der Waals surface area contributed by atoms with E-state index in [9.17, 15) is 23.1 Å². The summed E-state index contributed by atoms with van der Waals surface area (Å²) >= 11 is 0. The number of ether oxygens (including phenoxy) is 1. The van der Waals surface area contributed by atoms with Gasteiger partial charge in [0.2, 0.25) is 0 Å². The minimum absolute atomic E-state index is 0.0455. The quantitative estimate of drug-likeness (QED) is 0.212. The number of carbonyl (C=O) groups is 1. The number of nitrogens with zero attached hydrogens (tertiary/aromatic N) is 3. The smallest absolute Gasteiger partial charge is 0.417 e. The molecule has 1 aliphatic carbocycles. The van der Waals surface area contributed by atoms with Crippen LogP contribution in [0.3, 0.4) is 0 Å². The second-order valence-electron chi connectivity index (χ2n) is 12.2. The standard InChI is InChI=1S/C32H31F4N3O4/c1-38-15-24(30(40)41)22-11-10-19(12-27(22)38)39-20-8-9-21(39)14-31(33,13-20)17-42-16-25-28(37-43-29(25)18-6-7-18)23-4-2-3-5-26(23)32(34,35)36/h2-5,10-12,15,18,20-21H,6-9,13-14,16-17H2,1H3,(H,40,41). The lowest BCUT2D eigenvalue weighted by atomic mass is 9.88. The van der Waals surface area contributed by atoms with Gasteiger partial charge in [-0.25, -0.2) is 9.18 Å². The second kappa shape index (κ2) is 10.1. The highest BCUT2D eigenvalue weighted by Crippen LogP contribution is 2.48. The molecule has 1 saturated carbocycles. The van der Waals surface area contributed by atoms with Gasteiger partial charge in [0.1, 0.15) is 17.1 Å². The van der Waals surface area contributed by atoms with Crippen molar-refractivity contribution in [1.82, 2.24) is 9.72 Å². The molecule has 7 rings (SSSR count). The lowest BCUT2D eigenvalue weighted by molar-refractivity contribution is -0.137. The van der Waals surface area contributed by atoms with E-state index in [1.807, 2.05) is 25.2 Å². The lowest BCUT2D eigenvalue weighted by Gasteiger charge is -2.43. The van der Waals surface area contributed by atoms with Gasteiger partial charge in [0.25, 0.3) is 0 Å². The van der Waals surface area contributed by atoms with E-state index in [0.29, 0.717) is 16.7 Å². The van der Waals surface area contributed by atoms with Gasteiger partial charge in [-0.05, 0) is 49.9 Å². The first kappa shape index (κ1) is 27.9. The van der Waals surface area contributed by atoms with Crippen molar-refractivity contribution in [3.63, 3.8) is 0 Å². The summed E-state index contributed by atoms with van der Waals surface area (Å²) in [5.41, 5.74) is 0.0782. The third kappa shape index (κ3) is 4.97. The van der Waals surface area contributed by atoms with E-state index in [4.69, 9.17) is 9.26 Å². The van der Waals surface area contributed by atoms with Crippen molar-refractivity contribution in [2.45, 2.75) is 75.0 Å². The number of carboxylic acid groups (broad SMARTS) is 1. The maximum absolute atomic E-state index is 16.3. The Morgan fingerprint density at radius 1 is 1.12 bits per heavy atom. The zero-order chi connectivity index (χ0) is 30.1. The van der Waals surface area contributed by atoms with Crippen molar-refractivity contribution in [3.8, 4) is 11.3 Å². The molecule has 0 amide bonds. The molecule has 2 aromatic heterocycles. The van der Waals surface area contributed by atoms with Crippen molar-refractivity contribution in [1.29, 1.82) is 0 Å². The molecular formula is C32H31F4N3O4. The largest absolute Gasteiger partial charge is 0.478 e. The fourth-order valence-electron chi connectivity index (χ4n) is 7.14. The number of halogens is 4. The SMILES string of the molecule is Cn1cc(C(=O)O)c2ccc(N3C4CCC3CC(F)(COCc3c(-c5ccccc5C(F)(F)F)noc3C3CC3)C4)cc21. The van der Waals surface area contributed by atoms with E-state index >= 15 is 4.39 Å². The van der Waals surface area contributed by atoms with Crippen molar-refractivity contribution in [2.75, 3.05) is 11.5 Å². The normalized spacial score (nSPS) is 23.8. The van der Waals surface area contributed by atoms with Gasteiger partial charge in [-0.2, -0.15) is 13.2 Å².